The number of guanidine groups is 1. The molecule has 160 valence electrons. The fourth-order valence-electron chi connectivity index (χ4n) is 3.22. The van der Waals surface area contributed by atoms with Crippen LogP contribution in [-0.2, 0) is 16.1 Å². The summed E-state index contributed by atoms with van der Waals surface area (Å²) in [5.41, 5.74) is 13.8. The van der Waals surface area contributed by atoms with Gasteiger partial charge in [0.15, 0.2) is 5.96 Å². The van der Waals surface area contributed by atoms with Crippen molar-refractivity contribution in [3.8, 4) is 0 Å². The second-order valence-corrected chi connectivity index (χ2v) is 7.37. The smallest absolute Gasteiger partial charge is 0.306 e. The lowest BCUT2D eigenvalue weighted by molar-refractivity contribution is -0.143. The lowest BCUT2D eigenvalue weighted by Gasteiger charge is -2.21. The Balaban J connectivity index is 2.08. The van der Waals surface area contributed by atoms with Crippen LogP contribution in [0.3, 0.4) is 0 Å². The maximum atomic E-state index is 12.5. The van der Waals surface area contributed by atoms with Gasteiger partial charge in [-0.2, -0.15) is 0 Å². The van der Waals surface area contributed by atoms with E-state index in [1.54, 1.807) is 31.2 Å². The average molecular weight is 411 g/mol. The zero-order chi connectivity index (χ0) is 22.1. The van der Waals surface area contributed by atoms with Gasteiger partial charge < -0.3 is 21.5 Å². The van der Waals surface area contributed by atoms with E-state index < -0.39 is 0 Å². The normalized spacial score (nSPS) is 11.6. The molecular weight excluding hydrogens is 380 g/mol. The van der Waals surface area contributed by atoms with Crippen LogP contribution in [0.25, 0.3) is 0 Å². The first-order chi connectivity index (χ1) is 14.3. The minimum absolute atomic E-state index is 0.0518. The highest BCUT2D eigenvalue weighted by atomic mass is 16.5. The second kappa shape index (κ2) is 11.0. The molecule has 2 aromatic carbocycles. The summed E-state index contributed by atoms with van der Waals surface area (Å²) in [7, 11) is 0. The highest BCUT2D eigenvalue weighted by molar-refractivity contribution is 5.95. The molecule has 0 aliphatic carbocycles. The molecule has 0 aliphatic heterocycles. The number of nitrogens with zero attached hydrogens (tertiary/aromatic N) is 1. The lowest BCUT2D eigenvalue weighted by atomic mass is 9.85. The first-order valence-electron chi connectivity index (χ1n) is 10.0. The maximum Gasteiger partial charge on any atom is 0.306 e. The van der Waals surface area contributed by atoms with Crippen LogP contribution in [0.4, 0.5) is 5.69 Å². The van der Waals surface area contributed by atoms with Gasteiger partial charge in [0.25, 0.3) is 5.91 Å². The molecule has 7 heteroatoms. The number of hydrogen-bond donors (Lipinski definition) is 3. The van der Waals surface area contributed by atoms with E-state index in [1.165, 1.54) is 0 Å². The molecule has 0 aromatic heterocycles. The molecule has 1 unspecified atom stereocenters. The van der Waals surface area contributed by atoms with E-state index in [9.17, 15) is 9.59 Å². The van der Waals surface area contributed by atoms with Gasteiger partial charge in [-0.15, -0.1) is 0 Å². The fraction of sp³-hybridized carbons (Fsp3) is 0.348. The monoisotopic (exact) mass is 410 g/mol. The van der Waals surface area contributed by atoms with Crippen LogP contribution in [-0.4, -0.2) is 24.4 Å². The highest BCUT2D eigenvalue weighted by Gasteiger charge is 2.20. The number of amides is 1. The van der Waals surface area contributed by atoms with Crippen molar-refractivity contribution in [1.82, 2.24) is 5.32 Å². The third-order valence-corrected chi connectivity index (χ3v) is 4.70. The number of aliphatic imine (C=N–C) groups is 1. The van der Waals surface area contributed by atoms with Crippen LogP contribution >= 0.6 is 0 Å². The summed E-state index contributed by atoms with van der Waals surface area (Å²) in [6.07, 6.45) is 0.332. The molecule has 2 aromatic rings. The number of carbonyl (C=O) groups excluding carboxylic acids is 2. The number of nitrogens with one attached hydrogen (secondary N) is 1. The average Bonchev–Trinajstić information content (AvgIpc) is 2.70. The number of esters is 1. The van der Waals surface area contributed by atoms with Crippen molar-refractivity contribution < 1.29 is 14.3 Å². The van der Waals surface area contributed by atoms with Gasteiger partial charge >= 0.3 is 5.97 Å². The molecule has 0 bridgehead atoms. The summed E-state index contributed by atoms with van der Waals surface area (Å²) in [6.45, 7) is 6.71. The molecule has 0 heterocycles. The van der Waals surface area contributed by atoms with Crippen LogP contribution in [0.1, 0.15) is 54.6 Å². The maximum absolute atomic E-state index is 12.5. The van der Waals surface area contributed by atoms with E-state index in [-0.39, 0.29) is 29.7 Å². The standard InChI is InChI=1S/C23H30N4O3/c1-4-30-21(28)13-20(15(2)3)17-8-5-7-16(11-17)14-26-22(29)18-9-6-10-19(12-18)27-23(24)25/h5-12,15,20H,4,13-14H2,1-3H3,(H,26,29)(H4,24,25,27). The minimum atomic E-state index is -0.222. The predicted molar refractivity (Wildman–Crippen MR) is 118 cm³/mol. The van der Waals surface area contributed by atoms with Crippen LogP contribution in [0, 0.1) is 5.92 Å². The van der Waals surface area contributed by atoms with Crippen LogP contribution < -0.4 is 16.8 Å². The number of hydrogen-bond acceptors (Lipinski definition) is 4. The Morgan fingerprint density at radius 1 is 1.10 bits per heavy atom. The van der Waals surface area contributed by atoms with Gasteiger partial charge in [0.05, 0.1) is 18.7 Å². The molecule has 0 aliphatic rings. The Morgan fingerprint density at radius 3 is 2.50 bits per heavy atom. The van der Waals surface area contributed by atoms with Gasteiger partial charge in [-0.1, -0.05) is 44.2 Å². The minimum Gasteiger partial charge on any atom is -0.466 e. The molecule has 30 heavy (non-hydrogen) atoms. The van der Waals surface area contributed by atoms with Crippen molar-refractivity contribution in [2.24, 2.45) is 22.4 Å². The van der Waals surface area contributed by atoms with E-state index in [2.05, 4.69) is 24.2 Å². The summed E-state index contributed by atoms with van der Waals surface area (Å²) < 4.78 is 5.12. The molecule has 0 saturated heterocycles. The zero-order valence-corrected chi connectivity index (χ0v) is 17.7. The van der Waals surface area contributed by atoms with Crippen molar-refractivity contribution in [2.75, 3.05) is 6.61 Å². The first-order valence-corrected chi connectivity index (χ1v) is 10.0. The van der Waals surface area contributed by atoms with E-state index in [1.807, 2.05) is 24.3 Å². The molecule has 2 rings (SSSR count). The van der Waals surface area contributed by atoms with Gasteiger partial charge in [0.2, 0.25) is 0 Å². The molecule has 1 atom stereocenters. The molecule has 0 radical (unpaired) electrons. The predicted octanol–water partition coefficient (Wildman–Crippen LogP) is 3.21. The zero-order valence-electron chi connectivity index (χ0n) is 17.7. The van der Waals surface area contributed by atoms with Crippen molar-refractivity contribution in [3.05, 3.63) is 65.2 Å². The summed E-state index contributed by atoms with van der Waals surface area (Å²) in [5.74, 6) is -0.157. The van der Waals surface area contributed by atoms with Gasteiger partial charge in [-0.05, 0) is 48.1 Å². The third kappa shape index (κ3) is 6.92. The van der Waals surface area contributed by atoms with Crippen LogP contribution in [0.15, 0.2) is 53.5 Å². The number of benzene rings is 2. The van der Waals surface area contributed by atoms with E-state index >= 15 is 0 Å². The van der Waals surface area contributed by atoms with Crippen molar-refractivity contribution in [3.63, 3.8) is 0 Å². The third-order valence-electron chi connectivity index (χ3n) is 4.70. The second-order valence-electron chi connectivity index (χ2n) is 7.37. The molecule has 0 spiro atoms. The summed E-state index contributed by atoms with van der Waals surface area (Å²) in [4.78, 5) is 28.5. The van der Waals surface area contributed by atoms with Gasteiger partial charge in [-0.25, -0.2) is 4.99 Å². The van der Waals surface area contributed by atoms with E-state index in [0.717, 1.165) is 11.1 Å². The van der Waals surface area contributed by atoms with Crippen molar-refractivity contribution in [2.45, 2.75) is 39.7 Å². The number of carbonyl (C=O) groups is 2. The number of rotatable bonds is 9. The van der Waals surface area contributed by atoms with Crippen molar-refractivity contribution in [1.29, 1.82) is 0 Å². The van der Waals surface area contributed by atoms with Crippen LogP contribution in [0.5, 0.6) is 0 Å². The molecule has 0 fully saturated rings. The largest absolute Gasteiger partial charge is 0.466 e. The quantitative estimate of drug-likeness (QED) is 0.333. The topological polar surface area (TPSA) is 120 Å². The SMILES string of the molecule is CCOC(=O)CC(c1cccc(CNC(=O)c2cccc(N=C(N)N)c2)c1)C(C)C. The summed E-state index contributed by atoms with van der Waals surface area (Å²) >= 11 is 0. The Labute approximate surface area is 177 Å². The first kappa shape index (κ1) is 22.9. The number of ether oxygens (including phenoxy) is 1. The van der Waals surface area contributed by atoms with E-state index in [0.29, 0.717) is 30.8 Å². The Kier molecular flexibility index (Phi) is 8.41. The van der Waals surface area contributed by atoms with E-state index in [4.69, 9.17) is 16.2 Å². The van der Waals surface area contributed by atoms with Crippen molar-refractivity contribution >= 4 is 23.5 Å². The highest BCUT2D eigenvalue weighted by Crippen LogP contribution is 2.29. The Bertz CT molecular complexity index is 905. The molecule has 1 amide bonds. The fourth-order valence-corrected chi connectivity index (χ4v) is 3.22. The lowest BCUT2D eigenvalue weighted by Crippen LogP contribution is -2.23. The van der Waals surface area contributed by atoms with Crippen LogP contribution in [0.2, 0.25) is 0 Å². The van der Waals surface area contributed by atoms with Gasteiger partial charge in [0.1, 0.15) is 0 Å². The Morgan fingerprint density at radius 2 is 1.83 bits per heavy atom. The molecule has 0 saturated carbocycles. The van der Waals surface area contributed by atoms with Gasteiger partial charge in [0, 0.05) is 12.1 Å². The summed E-state index contributed by atoms with van der Waals surface area (Å²) in [6, 6.07) is 14.7. The van der Waals surface area contributed by atoms with Gasteiger partial charge in [-0.3, -0.25) is 9.59 Å². The molecule has 5 N–H and O–H groups in total. The molecule has 7 nitrogen and oxygen atoms in total. The Hall–Kier alpha value is -3.35. The number of nitrogens with two attached hydrogens (primary N) is 2. The summed E-state index contributed by atoms with van der Waals surface area (Å²) in [5, 5.41) is 2.91. The molecular formula is C23H30N4O3.